The fourth-order valence-corrected chi connectivity index (χ4v) is 4.37. The highest BCUT2D eigenvalue weighted by atomic mass is 19.1. The standard InChI is InChI=1S/C19H27F2N3O2/c1-26-10-4-8-23-7-2-5-19(13-23)6-3-9-24(14-19)18(25)17-16(21)11-15(20)12-22-17/h11-12H,2-10,13-14H2,1H3. The summed E-state index contributed by atoms with van der Waals surface area (Å²) in [5.74, 6) is -2.09. The smallest absolute Gasteiger partial charge is 0.275 e. The summed E-state index contributed by atoms with van der Waals surface area (Å²) in [5.41, 5.74) is -0.216. The van der Waals surface area contributed by atoms with Crippen LogP contribution in [0.15, 0.2) is 12.3 Å². The van der Waals surface area contributed by atoms with Gasteiger partial charge >= 0.3 is 0 Å². The second kappa shape index (κ2) is 8.39. The predicted molar refractivity (Wildman–Crippen MR) is 93.9 cm³/mol. The van der Waals surface area contributed by atoms with Crippen LogP contribution < -0.4 is 0 Å². The van der Waals surface area contributed by atoms with Gasteiger partial charge in [-0.3, -0.25) is 4.79 Å². The molecule has 0 aromatic carbocycles. The van der Waals surface area contributed by atoms with Gasteiger partial charge in [0.1, 0.15) is 5.82 Å². The Labute approximate surface area is 153 Å². The fraction of sp³-hybridized carbons (Fsp3) is 0.684. The Hall–Kier alpha value is -1.60. The molecular weight excluding hydrogens is 340 g/mol. The zero-order valence-corrected chi connectivity index (χ0v) is 15.3. The first-order valence-corrected chi connectivity index (χ1v) is 9.35. The maximum absolute atomic E-state index is 14.0. The lowest BCUT2D eigenvalue weighted by atomic mass is 9.73. The molecule has 144 valence electrons. The van der Waals surface area contributed by atoms with Crippen molar-refractivity contribution in [2.75, 3.05) is 46.4 Å². The lowest BCUT2D eigenvalue weighted by Gasteiger charge is -2.48. The van der Waals surface area contributed by atoms with Gasteiger partial charge in [-0.15, -0.1) is 0 Å². The molecule has 3 rings (SSSR count). The SMILES string of the molecule is COCCCN1CCCC2(CCCN(C(=O)c3ncc(F)cc3F)C2)C1. The van der Waals surface area contributed by atoms with E-state index in [1.165, 1.54) is 0 Å². The average molecular weight is 367 g/mol. The quantitative estimate of drug-likeness (QED) is 0.751. The Morgan fingerprint density at radius 3 is 2.77 bits per heavy atom. The number of rotatable bonds is 5. The molecule has 0 bridgehead atoms. The molecule has 2 fully saturated rings. The first-order chi connectivity index (χ1) is 12.5. The number of aromatic nitrogens is 1. The van der Waals surface area contributed by atoms with Crippen LogP contribution in [0.4, 0.5) is 8.78 Å². The van der Waals surface area contributed by atoms with E-state index in [-0.39, 0.29) is 11.1 Å². The molecular formula is C19H27F2N3O2. The summed E-state index contributed by atoms with van der Waals surface area (Å²) in [6.45, 7) is 5.00. The van der Waals surface area contributed by atoms with Crippen LogP contribution in [0.5, 0.6) is 0 Å². The van der Waals surface area contributed by atoms with Crippen LogP contribution in [0.2, 0.25) is 0 Å². The third kappa shape index (κ3) is 4.38. The number of pyridine rings is 1. The molecule has 7 heteroatoms. The van der Waals surface area contributed by atoms with E-state index in [1.807, 2.05) is 0 Å². The zero-order valence-electron chi connectivity index (χ0n) is 15.3. The van der Waals surface area contributed by atoms with Crippen LogP contribution >= 0.6 is 0 Å². The molecule has 1 aromatic rings. The summed E-state index contributed by atoms with van der Waals surface area (Å²) in [6.07, 6.45) is 6.07. The number of carbonyl (C=O) groups is 1. The number of carbonyl (C=O) groups excluding carboxylic acids is 1. The first kappa shape index (κ1) is 19.2. The summed E-state index contributed by atoms with van der Waals surface area (Å²) in [5, 5.41) is 0. The Balaban J connectivity index is 1.67. The zero-order chi connectivity index (χ0) is 18.6. The van der Waals surface area contributed by atoms with E-state index in [2.05, 4.69) is 9.88 Å². The normalized spacial score (nSPS) is 24.2. The summed E-state index contributed by atoms with van der Waals surface area (Å²) in [7, 11) is 1.71. The minimum absolute atomic E-state index is 0.0652. The van der Waals surface area contributed by atoms with Crippen molar-refractivity contribution in [2.45, 2.75) is 32.1 Å². The van der Waals surface area contributed by atoms with E-state index < -0.39 is 17.5 Å². The number of ether oxygens (including phenoxy) is 1. The lowest BCUT2D eigenvalue weighted by molar-refractivity contribution is 0.0113. The Morgan fingerprint density at radius 1 is 1.27 bits per heavy atom. The molecule has 5 nitrogen and oxygen atoms in total. The molecule has 2 saturated heterocycles. The van der Waals surface area contributed by atoms with E-state index in [1.54, 1.807) is 12.0 Å². The van der Waals surface area contributed by atoms with E-state index in [4.69, 9.17) is 4.74 Å². The van der Waals surface area contributed by atoms with Gasteiger partial charge < -0.3 is 14.5 Å². The van der Waals surface area contributed by atoms with Crippen molar-refractivity contribution < 1.29 is 18.3 Å². The van der Waals surface area contributed by atoms with Crippen molar-refractivity contribution in [3.63, 3.8) is 0 Å². The second-order valence-electron chi connectivity index (χ2n) is 7.54. The monoisotopic (exact) mass is 367 g/mol. The van der Waals surface area contributed by atoms with Gasteiger partial charge in [0.2, 0.25) is 0 Å². The molecule has 1 amide bonds. The van der Waals surface area contributed by atoms with Crippen LogP contribution in [-0.2, 0) is 4.74 Å². The highest BCUT2D eigenvalue weighted by Gasteiger charge is 2.40. The minimum Gasteiger partial charge on any atom is -0.385 e. The third-order valence-corrected chi connectivity index (χ3v) is 5.52. The molecule has 1 unspecified atom stereocenters. The van der Waals surface area contributed by atoms with Gasteiger partial charge in [0.25, 0.3) is 5.91 Å². The maximum Gasteiger partial charge on any atom is 0.275 e. The minimum atomic E-state index is -0.889. The van der Waals surface area contributed by atoms with Crippen LogP contribution in [0.25, 0.3) is 0 Å². The third-order valence-electron chi connectivity index (χ3n) is 5.52. The van der Waals surface area contributed by atoms with Crippen molar-refractivity contribution in [2.24, 2.45) is 5.41 Å². The number of piperidine rings is 2. The number of hydrogen-bond donors (Lipinski definition) is 0. The summed E-state index contributed by atoms with van der Waals surface area (Å²) in [6, 6.07) is 0.720. The average Bonchev–Trinajstić information content (AvgIpc) is 2.62. The molecule has 0 aliphatic carbocycles. The Morgan fingerprint density at radius 2 is 2.04 bits per heavy atom. The van der Waals surface area contributed by atoms with E-state index in [0.717, 1.165) is 70.6 Å². The van der Waals surface area contributed by atoms with Crippen LogP contribution in [-0.4, -0.2) is 67.1 Å². The number of likely N-dealkylation sites (tertiary alicyclic amines) is 2. The van der Waals surface area contributed by atoms with Gasteiger partial charge in [-0.2, -0.15) is 0 Å². The molecule has 3 heterocycles. The van der Waals surface area contributed by atoms with Crippen LogP contribution in [0, 0.1) is 17.0 Å². The van der Waals surface area contributed by atoms with Gasteiger partial charge in [0, 0.05) is 51.4 Å². The number of halogens is 2. The van der Waals surface area contributed by atoms with Crippen molar-refractivity contribution in [1.82, 2.24) is 14.8 Å². The van der Waals surface area contributed by atoms with Gasteiger partial charge in [0.15, 0.2) is 11.5 Å². The van der Waals surface area contributed by atoms with Crippen molar-refractivity contribution in [3.05, 3.63) is 29.6 Å². The molecule has 0 radical (unpaired) electrons. The van der Waals surface area contributed by atoms with Gasteiger partial charge in [-0.25, -0.2) is 13.8 Å². The second-order valence-corrected chi connectivity index (χ2v) is 7.54. The fourth-order valence-electron chi connectivity index (χ4n) is 4.37. The highest BCUT2D eigenvalue weighted by Crippen LogP contribution is 2.38. The van der Waals surface area contributed by atoms with E-state index in [9.17, 15) is 13.6 Å². The van der Waals surface area contributed by atoms with Gasteiger partial charge in [-0.1, -0.05) is 0 Å². The van der Waals surface area contributed by atoms with Gasteiger partial charge in [0.05, 0.1) is 6.20 Å². The molecule has 1 atom stereocenters. The van der Waals surface area contributed by atoms with Crippen LogP contribution in [0.1, 0.15) is 42.6 Å². The van der Waals surface area contributed by atoms with E-state index >= 15 is 0 Å². The number of nitrogens with zero attached hydrogens (tertiary/aromatic N) is 3. The van der Waals surface area contributed by atoms with Gasteiger partial charge in [-0.05, 0) is 38.6 Å². The predicted octanol–water partition coefficient (Wildman–Crippen LogP) is 2.71. The van der Waals surface area contributed by atoms with Crippen molar-refractivity contribution in [3.8, 4) is 0 Å². The Kier molecular flexibility index (Phi) is 6.19. The first-order valence-electron chi connectivity index (χ1n) is 9.35. The molecule has 2 aliphatic rings. The van der Waals surface area contributed by atoms with Crippen LogP contribution in [0.3, 0.4) is 0 Å². The number of hydrogen-bond acceptors (Lipinski definition) is 4. The summed E-state index contributed by atoms with van der Waals surface area (Å²) >= 11 is 0. The van der Waals surface area contributed by atoms with Crippen molar-refractivity contribution in [1.29, 1.82) is 0 Å². The largest absolute Gasteiger partial charge is 0.385 e. The number of methoxy groups -OCH3 is 1. The van der Waals surface area contributed by atoms with Crippen molar-refractivity contribution >= 4 is 5.91 Å². The topological polar surface area (TPSA) is 45.7 Å². The number of amides is 1. The molecule has 2 aliphatic heterocycles. The molecule has 1 spiro atoms. The molecule has 1 aromatic heterocycles. The maximum atomic E-state index is 14.0. The summed E-state index contributed by atoms with van der Waals surface area (Å²) in [4.78, 5) is 20.6. The lowest BCUT2D eigenvalue weighted by Crippen LogP contribution is -2.54. The Bertz CT molecular complexity index is 639. The molecule has 26 heavy (non-hydrogen) atoms. The highest BCUT2D eigenvalue weighted by molar-refractivity contribution is 5.92. The molecule has 0 saturated carbocycles. The summed E-state index contributed by atoms with van der Waals surface area (Å²) < 4.78 is 32.2. The van der Waals surface area contributed by atoms with E-state index in [0.29, 0.717) is 13.1 Å². The molecule has 0 N–H and O–H groups in total.